The Kier molecular flexibility index (Phi) is 7.73. The number of unbranched alkanes of at least 4 members (excludes halogenated alkanes) is 2. The van der Waals surface area contributed by atoms with Gasteiger partial charge >= 0.3 is 0 Å². The molecule has 0 fully saturated rings. The van der Waals surface area contributed by atoms with Gasteiger partial charge in [-0.25, -0.2) is 4.39 Å². The lowest BCUT2D eigenvalue weighted by Gasteiger charge is -2.21. The predicted molar refractivity (Wildman–Crippen MR) is 120 cm³/mol. The van der Waals surface area contributed by atoms with Gasteiger partial charge in [-0.05, 0) is 60.3 Å². The molecule has 28 heavy (non-hydrogen) atoms. The Labute approximate surface area is 174 Å². The molecular formula is C26H32ClF. The summed E-state index contributed by atoms with van der Waals surface area (Å²) in [4.78, 5) is 0. The highest BCUT2D eigenvalue weighted by atomic mass is 35.5. The van der Waals surface area contributed by atoms with Crippen LogP contribution in [0, 0.1) is 11.7 Å². The van der Waals surface area contributed by atoms with E-state index in [1.807, 2.05) is 24.3 Å². The molecule has 1 unspecified atom stereocenters. The maximum absolute atomic E-state index is 14.9. The summed E-state index contributed by atoms with van der Waals surface area (Å²) in [6.07, 6.45) is 12.8. The Morgan fingerprint density at radius 2 is 1.71 bits per heavy atom. The number of aryl methyl sites for hydroxylation is 1. The first kappa shape index (κ1) is 21.1. The highest BCUT2D eigenvalue weighted by molar-refractivity contribution is 6.31. The fourth-order valence-electron chi connectivity index (χ4n) is 4.26. The largest absolute Gasteiger partial charge is 0.205 e. The molecule has 2 aromatic rings. The predicted octanol–water partition coefficient (Wildman–Crippen LogP) is 8.86. The lowest BCUT2D eigenvalue weighted by atomic mass is 9.84. The van der Waals surface area contributed by atoms with Crippen molar-refractivity contribution in [3.63, 3.8) is 0 Å². The number of rotatable bonds is 8. The Morgan fingerprint density at radius 3 is 2.36 bits per heavy atom. The van der Waals surface area contributed by atoms with Crippen LogP contribution in [-0.2, 0) is 6.42 Å². The van der Waals surface area contributed by atoms with Gasteiger partial charge in [0.15, 0.2) is 0 Å². The third-order valence-corrected chi connectivity index (χ3v) is 6.40. The number of benzene rings is 2. The summed E-state index contributed by atoms with van der Waals surface area (Å²) in [5, 5.41) is 0.287. The molecule has 0 heterocycles. The quantitative estimate of drug-likeness (QED) is 0.389. The van der Waals surface area contributed by atoms with E-state index in [-0.39, 0.29) is 10.8 Å². The minimum absolute atomic E-state index is 0.287. The van der Waals surface area contributed by atoms with E-state index in [0.717, 1.165) is 49.1 Å². The smallest absolute Gasteiger partial charge is 0.149 e. The highest BCUT2D eigenvalue weighted by Crippen LogP contribution is 2.35. The van der Waals surface area contributed by atoms with Crippen LogP contribution >= 0.6 is 11.6 Å². The van der Waals surface area contributed by atoms with Crippen LogP contribution < -0.4 is 0 Å². The van der Waals surface area contributed by atoms with Crippen LogP contribution in [0.4, 0.5) is 4.39 Å². The van der Waals surface area contributed by atoms with Crippen LogP contribution in [0.2, 0.25) is 5.02 Å². The highest BCUT2D eigenvalue weighted by Gasteiger charge is 2.16. The molecule has 0 bridgehead atoms. The first-order valence-electron chi connectivity index (χ1n) is 10.9. The molecule has 0 N–H and O–H groups in total. The minimum atomic E-state index is -0.289. The lowest BCUT2D eigenvalue weighted by molar-refractivity contribution is 0.445. The van der Waals surface area contributed by atoms with Crippen LogP contribution in [0.1, 0.15) is 76.3 Å². The van der Waals surface area contributed by atoms with E-state index in [2.05, 4.69) is 32.1 Å². The normalized spacial score (nSPS) is 16.9. The first-order chi connectivity index (χ1) is 13.6. The van der Waals surface area contributed by atoms with Crippen molar-refractivity contribution in [1.29, 1.82) is 0 Å². The molecule has 0 aromatic heterocycles. The van der Waals surface area contributed by atoms with Crippen molar-refractivity contribution < 1.29 is 4.39 Å². The zero-order valence-electron chi connectivity index (χ0n) is 17.2. The molecule has 3 rings (SSSR count). The molecule has 1 atom stereocenters. The van der Waals surface area contributed by atoms with Gasteiger partial charge < -0.3 is 0 Å². The summed E-state index contributed by atoms with van der Waals surface area (Å²) in [6, 6.07) is 12.2. The van der Waals surface area contributed by atoms with Crippen molar-refractivity contribution in [2.75, 3.05) is 0 Å². The Bertz CT molecular complexity index is 804. The second-order valence-corrected chi connectivity index (χ2v) is 8.47. The zero-order valence-corrected chi connectivity index (χ0v) is 18.0. The molecule has 2 heteroatoms. The van der Waals surface area contributed by atoms with Crippen molar-refractivity contribution in [2.45, 2.75) is 71.6 Å². The number of hydrogen-bond donors (Lipinski definition) is 0. The summed E-state index contributed by atoms with van der Waals surface area (Å²) in [6.45, 7) is 4.43. The molecule has 0 saturated heterocycles. The van der Waals surface area contributed by atoms with Gasteiger partial charge in [0.25, 0.3) is 0 Å². The fraction of sp³-hybridized carbons (Fsp3) is 0.462. The molecule has 0 aliphatic heterocycles. The van der Waals surface area contributed by atoms with Crippen molar-refractivity contribution >= 4 is 17.2 Å². The van der Waals surface area contributed by atoms with Crippen LogP contribution in [0.15, 0.2) is 42.5 Å². The molecule has 0 amide bonds. The second-order valence-electron chi connectivity index (χ2n) is 8.09. The molecular weight excluding hydrogens is 367 g/mol. The molecule has 1 aliphatic carbocycles. The van der Waals surface area contributed by atoms with Crippen molar-refractivity contribution in [1.82, 2.24) is 0 Å². The average Bonchev–Trinajstić information content (AvgIpc) is 2.72. The monoisotopic (exact) mass is 398 g/mol. The standard InChI is InChI=1S/C26H32ClF/c1-3-5-6-8-23-17-18-24(26(28)25(23)27)22-15-13-21(14-16-22)20-11-9-19(7-4-2)10-12-20/h11,13-19H,3-10,12H2,1-2H3. The van der Waals surface area contributed by atoms with Gasteiger partial charge in [-0.15, -0.1) is 0 Å². The number of halogens is 2. The van der Waals surface area contributed by atoms with E-state index in [1.165, 1.54) is 36.8 Å². The van der Waals surface area contributed by atoms with E-state index < -0.39 is 0 Å². The first-order valence-corrected chi connectivity index (χ1v) is 11.3. The van der Waals surface area contributed by atoms with Crippen LogP contribution in [0.25, 0.3) is 16.7 Å². The van der Waals surface area contributed by atoms with Gasteiger partial charge in [0, 0.05) is 5.56 Å². The van der Waals surface area contributed by atoms with Crippen molar-refractivity contribution in [3.8, 4) is 11.1 Å². The lowest BCUT2D eigenvalue weighted by Crippen LogP contribution is -2.05. The minimum Gasteiger partial charge on any atom is -0.205 e. The molecule has 0 saturated carbocycles. The van der Waals surface area contributed by atoms with E-state index in [9.17, 15) is 4.39 Å². The fourth-order valence-corrected chi connectivity index (χ4v) is 4.52. The zero-order chi connectivity index (χ0) is 19.9. The Balaban J connectivity index is 1.74. The van der Waals surface area contributed by atoms with E-state index >= 15 is 0 Å². The number of hydrogen-bond acceptors (Lipinski definition) is 0. The molecule has 2 aromatic carbocycles. The summed E-state index contributed by atoms with van der Waals surface area (Å²) >= 11 is 6.34. The summed E-state index contributed by atoms with van der Waals surface area (Å²) in [5.74, 6) is 0.558. The topological polar surface area (TPSA) is 0 Å². The third-order valence-electron chi connectivity index (χ3n) is 6.00. The van der Waals surface area contributed by atoms with Crippen LogP contribution in [0.5, 0.6) is 0 Å². The summed E-state index contributed by atoms with van der Waals surface area (Å²) < 4.78 is 14.9. The Hall–Kier alpha value is -1.60. The van der Waals surface area contributed by atoms with E-state index in [1.54, 1.807) is 0 Å². The second kappa shape index (κ2) is 10.3. The summed E-state index contributed by atoms with van der Waals surface area (Å²) in [7, 11) is 0. The summed E-state index contributed by atoms with van der Waals surface area (Å²) in [5.41, 5.74) is 5.10. The average molecular weight is 399 g/mol. The van der Waals surface area contributed by atoms with Crippen molar-refractivity contribution in [3.05, 3.63) is 64.4 Å². The molecule has 0 radical (unpaired) electrons. The molecule has 0 nitrogen and oxygen atoms in total. The van der Waals surface area contributed by atoms with Crippen molar-refractivity contribution in [2.24, 2.45) is 5.92 Å². The molecule has 1 aliphatic rings. The third kappa shape index (κ3) is 5.06. The van der Waals surface area contributed by atoms with Gasteiger partial charge in [-0.3, -0.25) is 0 Å². The van der Waals surface area contributed by atoms with Crippen LogP contribution in [0.3, 0.4) is 0 Å². The maximum Gasteiger partial charge on any atom is 0.149 e. The van der Waals surface area contributed by atoms with Gasteiger partial charge in [0.05, 0.1) is 5.02 Å². The number of allylic oxidation sites excluding steroid dienone is 2. The van der Waals surface area contributed by atoms with E-state index in [0.29, 0.717) is 5.56 Å². The van der Waals surface area contributed by atoms with Gasteiger partial charge in [0.1, 0.15) is 5.82 Å². The van der Waals surface area contributed by atoms with E-state index in [4.69, 9.17) is 11.6 Å². The Morgan fingerprint density at radius 1 is 0.964 bits per heavy atom. The van der Waals surface area contributed by atoms with Crippen LogP contribution in [-0.4, -0.2) is 0 Å². The van der Waals surface area contributed by atoms with Gasteiger partial charge in [0.2, 0.25) is 0 Å². The SMILES string of the molecule is CCCCCc1ccc(-c2ccc(C3=CCC(CCC)CC3)cc2)c(F)c1Cl. The maximum atomic E-state index is 14.9. The molecule has 0 spiro atoms. The molecule has 150 valence electrons. The van der Waals surface area contributed by atoms with Gasteiger partial charge in [-0.2, -0.15) is 0 Å². The van der Waals surface area contributed by atoms with Gasteiger partial charge in [-0.1, -0.05) is 93.6 Å².